The maximum atomic E-state index is 14.0. The molecule has 3 saturated heterocycles. The first-order valence-electron chi connectivity index (χ1n) is 12.2. The molecule has 190 valence electrons. The van der Waals surface area contributed by atoms with E-state index in [1.807, 2.05) is 13.8 Å². The number of likely N-dealkylation sites (tertiary alicyclic amines) is 1. The van der Waals surface area contributed by atoms with Crippen LogP contribution in [0.1, 0.15) is 46.0 Å². The Morgan fingerprint density at radius 2 is 2.00 bits per heavy atom. The van der Waals surface area contributed by atoms with Gasteiger partial charge in [0.05, 0.1) is 17.9 Å². The van der Waals surface area contributed by atoms with Crippen LogP contribution in [0, 0.1) is 11.8 Å². The van der Waals surface area contributed by atoms with Gasteiger partial charge in [0.2, 0.25) is 11.8 Å². The third-order valence-electron chi connectivity index (χ3n) is 7.18. The number of aliphatic hydroxyl groups excluding tert-OH is 1. The molecule has 1 spiro atoms. The first-order chi connectivity index (χ1) is 16.2. The van der Waals surface area contributed by atoms with Crippen molar-refractivity contribution in [2.45, 2.75) is 74.6 Å². The molecule has 2 amide bonds. The molecular formula is C25H37BrN2O6. The standard InChI is InChI=1S/C25H37BrN2O6/c1-5-11-27(16(3)4)23(31)21-25-15-17(26)20(34-25)18(24(32)33-14-6-2)19(25)22(30)28(21)12-9-7-8-10-13-29/h5-6,16-21,29H,1-2,7-15H2,3-4H3/t17?,18-,19-,20-,21?,25?/m0/s1. The van der Waals surface area contributed by atoms with Crippen LogP contribution in [0.5, 0.6) is 0 Å². The summed E-state index contributed by atoms with van der Waals surface area (Å²) in [5, 5.41) is 9.05. The molecule has 3 aliphatic heterocycles. The van der Waals surface area contributed by atoms with Gasteiger partial charge in [-0.2, -0.15) is 0 Å². The number of esters is 1. The predicted octanol–water partition coefficient (Wildman–Crippen LogP) is 2.44. The van der Waals surface area contributed by atoms with Gasteiger partial charge < -0.3 is 24.4 Å². The number of fused-ring (bicyclic) bond motifs is 1. The Kier molecular flexibility index (Phi) is 8.98. The van der Waals surface area contributed by atoms with E-state index in [0.29, 0.717) is 32.4 Å². The maximum Gasteiger partial charge on any atom is 0.312 e. The van der Waals surface area contributed by atoms with Crippen LogP contribution in [-0.4, -0.2) is 87.6 Å². The largest absolute Gasteiger partial charge is 0.461 e. The van der Waals surface area contributed by atoms with Crippen molar-refractivity contribution in [3.63, 3.8) is 0 Å². The van der Waals surface area contributed by atoms with Crippen LogP contribution in [0.25, 0.3) is 0 Å². The zero-order valence-electron chi connectivity index (χ0n) is 20.2. The monoisotopic (exact) mass is 540 g/mol. The summed E-state index contributed by atoms with van der Waals surface area (Å²) in [6.45, 7) is 12.2. The molecule has 0 aromatic carbocycles. The zero-order chi connectivity index (χ0) is 25.0. The van der Waals surface area contributed by atoms with Gasteiger partial charge in [0.15, 0.2) is 0 Å². The lowest BCUT2D eigenvalue weighted by atomic mass is 9.70. The van der Waals surface area contributed by atoms with Crippen LogP contribution in [0.15, 0.2) is 25.3 Å². The van der Waals surface area contributed by atoms with Crippen molar-refractivity contribution in [1.29, 1.82) is 0 Å². The number of amides is 2. The lowest BCUT2D eigenvalue weighted by molar-refractivity contribution is -0.154. The highest BCUT2D eigenvalue weighted by Crippen LogP contribution is 2.60. The Labute approximate surface area is 210 Å². The van der Waals surface area contributed by atoms with Crippen LogP contribution in [-0.2, 0) is 23.9 Å². The highest BCUT2D eigenvalue weighted by molar-refractivity contribution is 9.09. The van der Waals surface area contributed by atoms with E-state index in [1.165, 1.54) is 6.08 Å². The summed E-state index contributed by atoms with van der Waals surface area (Å²) >= 11 is 3.65. The molecule has 1 N–H and O–H groups in total. The Morgan fingerprint density at radius 3 is 2.62 bits per heavy atom. The number of rotatable bonds is 13. The number of unbranched alkanes of at least 4 members (excludes halogenated alkanes) is 3. The second kappa shape index (κ2) is 11.4. The van der Waals surface area contributed by atoms with Crippen molar-refractivity contribution in [2.75, 3.05) is 26.3 Å². The fourth-order valence-corrected chi connectivity index (χ4v) is 6.70. The van der Waals surface area contributed by atoms with Crippen molar-refractivity contribution < 1.29 is 29.0 Å². The van der Waals surface area contributed by atoms with Gasteiger partial charge in [-0.05, 0) is 33.1 Å². The van der Waals surface area contributed by atoms with E-state index in [9.17, 15) is 14.4 Å². The lowest BCUT2D eigenvalue weighted by Crippen LogP contribution is -2.58. The van der Waals surface area contributed by atoms with Crippen molar-refractivity contribution in [3.8, 4) is 0 Å². The Bertz CT molecular complexity index is 804. The summed E-state index contributed by atoms with van der Waals surface area (Å²) in [6, 6.07) is -0.901. The molecule has 3 aliphatic rings. The molecule has 3 rings (SSSR count). The van der Waals surface area contributed by atoms with Gasteiger partial charge in [0.25, 0.3) is 0 Å². The van der Waals surface area contributed by atoms with Gasteiger partial charge in [-0.15, -0.1) is 6.58 Å². The van der Waals surface area contributed by atoms with Gasteiger partial charge in [-0.25, -0.2) is 0 Å². The fraction of sp³-hybridized carbons (Fsp3) is 0.720. The van der Waals surface area contributed by atoms with Gasteiger partial charge in [0.1, 0.15) is 18.2 Å². The van der Waals surface area contributed by atoms with E-state index >= 15 is 0 Å². The highest BCUT2D eigenvalue weighted by atomic mass is 79.9. The van der Waals surface area contributed by atoms with Gasteiger partial charge >= 0.3 is 5.97 Å². The lowest BCUT2D eigenvalue weighted by Gasteiger charge is -2.38. The van der Waals surface area contributed by atoms with Gasteiger partial charge in [0, 0.05) is 30.6 Å². The number of aliphatic hydroxyl groups is 1. The van der Waals surface area contributed by atoms with E-state index in [4.69, 9.17) is 14.6 Å². The molecule has 2 bridgehead atoms. The van der Waals surface area contributed by atoms with Gasteiger partial charge in [-0.3, -0.25) is 14.4 Å². The van der Waals surface area contributed by atoms with Crippen LogP contribution in [0.4, 0.5) is 0 Å². The topological polar surface area (TPSA) is 96.4 Å². The third-order valence-corrected chi connectivity index (χ3v) is 8.02. The van der Waals surface area contributed by atoms with Crippen LogP contribution in [0.2, 0.25) is 0 Å². The predicted molar refractivity (Wildman–Crippen MR) is 131 cm³/mol. The molecule has 6 atom stereocenters. The molecule has 3 unspecified atom stereocenters. The minimum absolute atomic E-state index is 0.0559. The van der Waals surface area contributed by atoms with Crippen LogP contribution < -0.4 is 0 Å². The number of alkyl halides is 1. The molecule has 0 aromatic heterocycles. The molecule has 34 heavy (non-hydrogen) atoms. The minimum Gasteiger partial charge on any atom is -0.461 e. The number of carbonyl (C=O) groups excluding carboxylic acids is 3. The summed E-state index contributed by atoms with van der Waals surface area (Å²) in [5.74, 6) is -2.41. The first kappa shape index (κ1) is 26.9. The molecule has 3 heterocycles. The smallest absolute Gasteiger partial charge is 0.312 e. The first-order valence-corrected chi connectivity index (χ1v) is 13.1. The third kappa shape index (κ3) is 4.71. The molecule has 0 radical (unpaired) electrons. The molecule has 0 aromatic rings. The number of ether oxygens (including phenoxy) is 2. The second-order valence-corrected chi connectivity index (χ2v) is 10.8. The molecule has 8 nitrogen and oxygen atoms in total. The minimum atomic E-state index is -1.08. The molecule has 3 fully saturated rings. The molecule has 0 saturated carbocycles. The summed E-state index contributed by atoms with van der Waals surface area (Å²) in [7, 11) is 0. The van der Waals surface area contributed by atoms with E-state index < -0.39 is 35.6 Å². The number of hydrogen-bond acceptors (Lipinski definition) is 6. The van der Waals surface area contributed by atoms with E-state index in [2.05, 4.69) is 29.1 Å². The molecule has 9 heteroatoms. The fourth-order valence-electron chi connectivity index (χ4n) is 5.75. The SMILES string of the molecule is C=CCOC(=O)[C@H]1[C@H]2C(=O)N(CCCCCCO)C(C(=O)N(CC=C)C(C)C)C23CC(Br)[C@@H]1O3. The molecular weight excluding hydrogens is 504 g/mol. The average molecular weight is 541 g/mol. The number of carbonyl (C=O) groups is 3. The van der Waals surface area contributed by atoms with Crippen molar-refractivity contribution in [3.05, 3.63) is 25.3 Å². The van der Waals surface area contributed by atoms with Crippen LogP contribution in [0.3, 0.4) is 0 Å². The Morgan fingerprint density at radius 1 is 1.29 bits per heavy atom. The van der Waals surface area contributed by atoms with Crippen molar-refractivity contribution in [2.24, 2.45) is 11.8 Å². The van der Waals surface area contributed by atoms with Crippen molar-refractivity contribution in [1.82, 2.24) is 9.80 Å². The summed E-state index contributed by atoms with van der Waals surface area (Å²) < 4.78 is 11.8. The van der Waals surface area contributed by atoms with Crippen LogP contribution >= 0.6 is 15.9 Å². The summed E-state index contributed by atoms with van der Waals surface area (Å²) in [6.07, 6.45) is 6.20. The normalized spacial score (nSPS) is 31.6. The number of halogens is 1. The Hall–Kier alpha value is -1.71. The number of hydrogen-bond donors (Lipinski definition) is 1. The number of nitrogens with zero attached hydrogens (tertiary/aromatic N) is 2. The zero-order valence-corrected chi connectivity index (χ0v) is 21.7. The second-order valence-electron chi connectivity index (χ2n) is 9.62. The molecule has 0 aliphatic carbocycles. The maximum absolute atomic E-state index is 14.0. The van der Waals surface area contributed by atoms with E-state index in [0.717, 1.165) is 12.8 Å². The van der Waals surface area contributed by atoms with E-state index in [1.54, 1.807) is 15.9 Å². The summed E-state index contributed by atoms with van der Waals surface area (Å²) in [4.78, 5) is 44.0. The van der Waals surface area contributed by atoms with Crippen molar-refractivity contribution >= 4 is 33.7 Å². The van der Waals surface area contributed by atoms with Gasteiger partial charge in [-0.1, -0.05) is 47.5 Å². The average Bonchev–Trinajstić information content (AvgIpc) is 3.38. The Balaban J connectivity index is 1.97. The quantitative estimate of drug-likeness (QED) is 0.167. The summed E-state index contributed by atoms with van der Waals surface area (Å²) in [5.41, 5.74) is -1.08. The highest BCUT2D eigenvalue weighted by Gasteiger charge is 2.77. The van der Waals surface area contributed by atoms with E-state index in [-0.39, 0.29) is 35.9 Å².